The molecular formula is C15H25N3OS. The van der Waals surface area contributed by atoms with Gasteiger partial charge < -0.3 is 10.2 Å². The van der Waals surface area contributed by atoms with Crippen molar-refractivity contribution in [2.24, 2.45) is 5.92 Å². The topological polar surface area (TPSA) is 45.2 Å². The predicted molar refractivity (Wildman–Crippen MR) is 83.4 cm³/mol. The number of aromatic nitrogens is 1. The third-order valence-corrected chi connectivity index (χ3v) is 4.92. The third kappa shape index (κ3) is 4.03. The van der Waals surface area contributed by atoms with Crippen LogP contribution in [-0.2, 0) is 6.42 Å². The van der Waals surface area contributed by atoms with E-state index in [1.165, 1.54) is 30.7 Å². The van der Waals surface area contributed by atoms with Crippen molar-refractivity contribution < 1.29 is 4.79 Å². The molecule has 1 atom stereocenters. The lowest BCUT2D eigenvalue weighted by Gasteiger charge is -2.29. The number of rotatable bonds is 5. The molecule has 1 N–H and O–H groups in total. The Hall–Kier alpha value is -0.940. The Morgan fingerprint density at radius 2 is 2.35 bits per heavy atom. The summed E-state index contributed by atoms with van der Waals surface area (Å²) in [6, 6.07) is 0. The number of nitrogens with zero attached hydrogens (tertiary/aromatic N) is 2. The zero-order valence-electron chi connectivity index (χ0n) is 12.7. The van der Waals surface area contributed by atoms with Gasteiger partial charge in [0.1, 0.15) is 4.88 Å². The lowest BCUT2D eigenvalue weighted by atomic mass is 9.95. The van der Waals surface area contributed by atoms with Gasteiger partial charge in [-0.3, -0.25) is 4.79 Å². The number of carbonyl (C=O) groups is 1. The molecule has 4 nitrogen and oxygen atoms in total. The number of amides is 1. The minimum absolute atomic E-state index is 0.0524. The monoisotopic (exact) mass is 295 g/mol. The van der Waals surface area contributed by atoms with Crippen LogP contribution in [0.15, 0.2) is 0 Å². The maximum absolute atomic E-state index is 12.2. The standard InChI is InChI=1S/C15H25N3OS/c1-4-13-14(20-11(2)17-13)15(19)16-8-7-12-6-5-9-18(3)10-12/h12H,4-10H2,1-3H3,(H,16,19). The van der Waals surface area contributed by atoms with Crippen molar-refractivity contribution in [3.63, 3.8) is 0 Å². The second-order valence-corrected chi connectivity index (χ2v) is 6.88. The van der Waals surface area contributed by atoms with Gasteiger partial charge in [0.05, 0.1) is 10.7 Å². The smallest absolute Gasteiger partial charge is 0.263 e. The van der Waals surface area contributed by atoms with Crippen LogP contribution in [0.2, 0.25) is 0 Å². The molecule has 1 amide bonds. The molecule has 0 aliphatic carbocycles. The molecule has 1 saturated heterocycles. The van der Waals surface area contributed by atoms with Gasteiger partial charge in [-0.25, -0.2) is 4.98 Å². The average Bonchev–Trinajstić information content (AvgIpc) is 2.80. The molecule has 20 heavy (non-hydrogen) atoms. The van der Waals surface area contributed by atoms with Gasteiger partial charge >= 0.3 is 0 Å². The number of nitrogens with one attached hydrogen (secondary N) is 1. The first-order valence-electron chi connectivity index (χ1n) is 7.53. The highest BCUT2D eigenvalue weighted by atomic mass is 32.1. The Bertz CT molecular complexity index is 458. The molecule has 1 aromatic heterocycles. The van der Waals surface area contributed by atoms with Gasteiger partial charge in [0.15, 0.2) is 0 Å². The van der Waals surface area contributed by atoms with Crippen molar-refractivity contribution >= 4 is 17.2 Å². The lowest BCUT2D eigenvalue weighted by Crippen LogP contribution is -2.34. The first kappa shape index (κ1) is 15.4. The van der Waals surface area contributed by atoms with Gasteiger partial charge in [0.25, 0.3) is 5.91 Å². The number of hydrogen-bond donors (Lipinski definition) is 1. The van der Waals surface area contributed by atoms with E-state index in [1.807, 2.05) is 13.8 Å². The largest absolute Gasteiger partial charge is 0.351 e. The van der Waals surface area contributed by atoms with E-state index in [-0.39, 0.29) is 5.91 Å². The fraction of sp³-hybridized carbons (Fsp3) is 0.733. The first-order chi connectivity index (χ1) is 9.60. The van der Waals surface area contributed by atoms with Crippen LogP contribution in [0.1, 0.15) is 46.6 Å². The van der Waals surface area contributed by atoms with Crippen molar-refractivity contribution in [1.29, 1.82) is 0 Å². The average molecular weight is 295 g/mol. The van der Waals surface area contributed by atoms with E-state index in [4.69, 9.17) is 0 Å². The number of piperidine rings is 1. The second-order valence-electron chi connectivity index (χ2n) is 5.68. The SMILES string of the molecule is CCc1nc(C)sc1C(=O)NCCC1CCCN(C)C1. The van der Waals surface area contributed by atoms with Crippen LogP contribution in [0.5, 0.6) is 0 Å². The van der Waals surface area contributed by atoms with Crippen LogP contribution in [0.3, 0.4) is 0 Å². The third-order valence-electron chi connectivity index (χ3n) is 3.91. The highest BCUT2D eigenvalue weighted by molar-refractivity contribution is 7.13. The van der Waals surface area contributed by atoms with Crippen molar-refractivity contribution in [2.45, 2.75) is 39.5 Å². The highest BCUT2D eigenvalue weighted by Gasteiger charge is 2.18. The molecular weight excluding hydrogens is 270 g/mol. The van der Waals surface area contributed by atoms with E-state index in [1.54, 1.807) is 0 Å². The Morgan fingerprint density at radius 1 is 1.55 bits per heavy atom. The summed E-state index contributed by atoms with van der Waals surface area (Å²) in [7, 11) is 2.18. The maximum atomic E-state index is 12.2. The summed E-state index contributed by atoms with van der Waals surface area (Å²) in [5, 5.41) is 4.04. The molecule has 2 heterocycles. The molecule has 0 radical (unpaired) electrons. The van der Waals surface area contributed by atoms with E-state index < -0.39 is 0 Å². The summed E-state index contributed by atoms with van der Waals surface area (Å²) in [4.78, 5) is 19.8. The highest BCUT2D eigenvalue weighted by Crippen LogP contribution is 2.20. The van der Waals surface area contributed by atoms with Crippen LogP contribution < -0.4 is 5.32 Å². The molecule has 1 aliphatic rings. The molecule has 2 rings (SSSR count). The molecule has 1 unspecified atom stereocenters. The fourth-order valence-corrected chi connectivity index (χ4v) is 3.79. The zero-order chi connectivity index (χ0) is 14.5. The number of aryl methyl sites for hydroxylation is 2. The summed E-state index contributed by atoms with van der Waals surface area (Å²) in [6.45, 7) is 7.15. The van der Waals surface area contributed by atoms with E-state index in [0.717, 1.165) is 47.4 Å². The number of thiazole rings is 1. The molecule has 5 heteroatoms. The summed E-state index contributed by atoms with van der Waals surface area (Å²) in [6.07, 6.45) is 4.47. The number of carbonyl (C=O) groups excluding carboxylic acids is 1. The van der Waals surface area contributed by atoms with Gasteiger partial charge in [-0.1, -0.05) is 6.92 Å². The Labute approximate surface area is 125 Å². The Balaban J connectivity index is 1.80. The number of hydrogen-bond acceptors (Lipinski definition) is 4. The van der Waals surface area contributed by atoms with Gasteiger partial charge in [-0.15, -0.1) is 11.3 Å². The summed E-state index contributed by atoms with van der Waals surface area (Å²) >= 11 is 1.50. The molecule has 0 saturated carbocycles. The maximum Gasteiger partial charge on any atom is 0.263 e. The van der Waals surface area contributed by atoms with Crippen LogP contribution in [-0.4, -0.2) is 42.5 Å². The molecule has 0 bridgehead atoms. The molecule has 1 aliphatic heterocycles. The Morgan fingerprint density at radius 3 is 3.05 bits per heavy atom. The second kappa shape index (κ2) is 7.18. The molecule has 1 aromatic rings. The van der Waals surface area contributed by atoms with Crippen LogP contribution in [0.4, 0.5) is 0 Å². The van der Waals surface area contributed by atoms with Gasteiger partial charge in [0.2, 0.25) is 0 Å². The minimum Gasteiger partial charge on any atom is -0.351 e. The molecule has 0 spiro atoms. The molecule has 1 fully saturated rings. The van der Waals surface area contributed by atoms with Crippen LogP contribution in [0.25, 0.3) is 0 Å². The van der Waals surface area contributed by atoms with Crippen molar-refractivity contribution in [2.75, 3.05) is 26.7 Å². The quantitative estimate of drug-likeness (QED) is 0.907. The van der Waals surface area contributed by atoms with Crippen molar-refractivity contribution in [1.82, 2.24) is 15.2 Å². The predicted octanol–water partition coefficient (Wildman–Crippen LogP) is 2.48. The van der Waals surface area contributed by atoms with Crippen LogP contribution >= 0.6 is 11.3 Å². The summed E-state index contributed by atoms with van der Waals surface area (Å²) in [5.41, 5.74) is 0.933. The van der Waals surface area contributed by atoms with Crippen molar-refractivity contribution in [3.8, 4) is 0 Å². The summed E-state index contributed by atoms with van der Waals surface area (Å²) in [5.74, 6) is 0.777. The summed E-state index contributed by atoms with van der Waals surface area (Å²) < 4.78 is 0. The van der Waals surface area contributed by atoms with Gasteiger partial charge in [-0.2, -0.15) is 0 Å². The van der Waals surface area contributed by atoms with Gasteiger partial charge in [-0.05, 0) is 52.1 Å². The van der Waals surface area contributed by atoms with E-state index in [0.29, 0.717) is 0 Å². The van der Waals surface area contributed by atoms with E-state index >= 15 is 0 Å². The zero-order valence-corrected chi connectivity index (χ0v) is 13.6. The number of likely N-dealkylation sites (tertiary alicyclic amines) is 1. The normalized spacial score (nSPS) is 20.1. The van der Waals surface area contributed by atoms with Crippen molar-refractivity contribution in [3.05, 3.63) is 15.6 Å². The molecule has 112 valence electrons. The fourth-order valence-electron chi connectivity index (χ4n) is 2.87. The van der Waals surface area contributed by atoms with E-state index in [9.17, 15) is 4.79 Å². The Kier molecular flexibility index (Phi) is 5.54. The van der Waals surface area contributed by atoms with Gasteiger partial charge in [0, 0.05) is 13.1 Å². The molecule has 0 aromatic carbocycles. The van der Waals surface area contributed by atoms with Crippen LogP contribution in [0, 0.1) is 12.8 Å². The first-order valence-corrected chi connectivity index (χ1v) is 8.34. The van der Waals surface area contributed by atoms with E-state index in [2.05, 4.69) is 22.2 Å². The minimum atomic E-state index is 0.0524. The lowest BCUT2D eigenvalue weighted by molar-refractivity contribution is 0.0951.